The molecule has 1 aliphatic carbocycles. The summed E-state index contributed by atoms with van der Waals surface area (Å²) in [5.41, 5.74) is 1.94. The van der Waals surface area contributed by atoms with E-state index in [0.29, 0.717) is 47.7 Å². The fourth-order valence-corrected chi connectivity index (χ4v) is 6.19. The molecule has 2 aromatic carbocycles. The maximum Gasteiger partial charge on any atom is 0.326 e. The van der Waals surface area contributed by atoms with Gasteiger partial charge in [0.1, 0.15) is 17.6 Å². The van der Waals surface area contributed by atoms with Crippen LogP contribution in [0.25, 0.3) is 0 Å². The Hall–Kier alpha value is -2.35. The van der Waals surface area contributed by atoms with Crippen molar-refractivity contribution in [3.8, 4) is 5.75 Å². The van der Waals surface area contributed by atoms with Crippen LogP contribution in [-0.2, 0) is 11.2 Å². The van der Waals surface area contributed by atoms with Gasteiger partial charge in [-0.15, -0.1) is 0 Å². The number of carboxylic acid groups (broad SMARTS) is 1. The molecule has 2 aromatic rings. The van der Waals surface area contributed by atoms with Crippen molar-refractivity contribution in [2.75, 3.05) is 32.8 Å². The topological polar surface area (TPSA) is 70.1 Å². The zero-order chi connectivity index (χ0) is 26.8. The number of hydrogen-bond donors (Lipinski definition) is 1. The largest absolute Gasteiger partial charge is 0.493 e. The monoisotopic (exact) mass is 562 g/mol. The number of hydrogen-bond acceptors (Lipinski definition) is 4. The number of carbonyl (C=O) groups excluding carboxylic acids is 1. The highest BCUT2D eigenvalue weighted by Gasteiger charge is 2.37. The van der Waals surface area contributed by atoms with E-state index in [1.807, 2.05) is 12.1 Å². The molecule has 38 heavy (non-hydrogen) atoms. The quantitative estimate of drug-likeness (QED) is 0.404. The number of likely N-dealkylation sites (tertiary alicyclic amines) is 2. The average molecular weight is 563 g/mol. The number of ether oxygens (including phenoxy) is 1. The summed E-state index contributed by atoms with van der Waals surface area (Å²) in [4.78, 5) is 28.3. The second-order valence-electron chi connectivity index (χ2n) is 10.8. The first-order chi connectivity index (χ1) is 18.3. The lowest BCUT2D eigenvalue weighted by Crippen LogP contribution is -2.40. The Bertz CT molecular complexity index is 1180. The van der Waals surface area contributed by atoms with Crippen LogP contribution in [0.4, 0.5) is 4.39 Å². The zero-order valence-electron chi connectivity index (χ0n) is 21.3. The lowest BCUT2D eigenvalue weighted by atomic mass is 9.97. The van der Waals surface area contributed by atoms with E-state index in [1.165, 1.54) is 11.0 Å². The minimum Gasteiger partial charge on any atom is -0.493 e. The van der Waals surface area contributed by atoms with Crippen molar-refractivity contribution in [1.29, 1.82) is 0 Å². The van der Waals surface area contributed by atoms with Crippen LogP contribution in [0.1, 0.15) is 65.9 Å². The standard InChI is InChI=1S/C29H33Cl2FN2O4/c30-21-12-19(13-22(31)14-21)7-11-33-9-5-18(6-10-33)17-38-27-16-25(32)24(15-23(27)20-3-4-20)28(35)34-8-1-2-26(34)29(36)37/h12-16,18,20,26H,1-11,17H2,(H,36,37)/t26-/m0/s1. The summed E-state index contributed by atoms with van der Waals surface area (Å²) in [6, 6.07) is 7.70. The second kappa shape index (κ2) is 11.8. The Labute approximate surface area is 232 Å². The van der Waals surface area contributed by atoms with Gasteiger partial charge in [-0.05, 0) is 105 Å². The summed E-state index contributed by atoms with van der Waals surface area (Å²) >= 11 is 12.2. The first-order valence-corrected chi connectivity index (χ1v) is 14.2. The van der Waals surface area contributed by atoms with Gasteiger partial charge in [-0.1, -0.05) is 23.2 Å². The first kappa shape index (κ1) is 27.2. The molecule has 9 heteroatoms. The van der Waals surface area contributed by atoms with Gasteiger partial charge >= 0.3 is 5.97 Å². The maximum absolute atomic E-state index is 15.1. The van der Waals surface area contributed by atoms with E-state index in [9.17, 15) is 14.7 Å². The summed E-state index contributed by atoms with van der Waals surface area (Å²) in [6.07, 6.45) is 5.85. The van der Waals surface area contributed by atoms with E-state index >= 15 is 4.39 Å². The lowest BCUT2D eigenvalue weighted by molar-refractivity contribution is -0.141. The average Bonchev–Trinajstić information content (AvgIpc) is 3.60. The second-order valence-corrected chi connectivity index (χ2v) is 11.6. The van der Waals surface area contributed by atoms with Crippen LogP contribution in [0, 0.1) is 11.7 Å². The van der Waals surface area contributed by atoms with Gasteiger partial charge in [0.15, 0.2) is 0 Å². The number of rotatable bonds is 9. The van der Waals surface area contributed by atoms with Gasteiger partial charge in [-0.3, -0.25) is 4.79 Å². The van der Waals surface area contributed by atoms with Gasteiger partial charge in [0, 0.05) is 29.2 Å². The van der Waals surface area contributed by atoms with E-state index in [2.05, 4.69) is 4.90 Å². The molecule has 0 unspecified atom stereocenters. The van der Waals surface area contributed by atoms with Gasteiger partial charge in [0.25, 0.3) is 5.91 Å². The summed E-state index contributed by atoms with van der Waals surface area (Å²) in [7, 11) is 0. The van der Waals surface area contributed by atoms with Crippen molar-refractivity contribution in [3.63, 3.8) is 0 Å². The normalized spacial score (nSPS) is 20.6. The molecule has 1 saturated carbocycles. The maximum atomic E-state index is 15.1. The Morgan fingerprint density at radius 2 is 1.68 bits per heavy atom. The molecule has 1 amide bonds. The molecule has 1 N–H and O–H groups in total. The number of carbonyl (C=O) groups is 2. The highest BCUT2D eigenvalue weighted by molar-refractivity contribution is 6.34. The third kappa shape index (κ3) is 6.44. The molecule has 2 saturated heterocycles. The number of piperidine rings is 1. The Morgan fingerprint density at radius 1 is 0.974 bits per heavy atom. The van der Waals surface area contributed by atoms with E-state index in [0.717, 1.165) is 62.9 Å². The molecule has 1 atom stereocenters. The summed E-state index contributed by atoms with van der Waals surface area (Å²) in [5, 5.41) is 10.7. The molecule has 2 aliphatic heterocycles. The van der Waals surface area contributed by atoms with Crippen LogP contribution in [0.5, 0.6) is 5.75 Å². The van der Waals surface area contributed by atoms with Crippen molar-refractivity contribution in [3.05, 3.63) is 62.9 Å². The van der Waals surface area contributed by atoms with Crippen LogP contribution in [0.15, 0.2) is 30.3 Å². The van der Waals surface area contributed by atoms with Crippen LogP contribution >= 0.6 is 23.2 Å². The fourth-order valence-electron chi connectivity index (χ4n) is 5.62. The Kier molecular flexibility index (Phi) is 8.46. The molecular formula is C29H33Cl2FN2O4. The number of amides is 1. The van der Waals surface area contributed by atoms with E-state index < -0.39 is 23.7 Å². The Balaban J connectivity index is 1.17. The third-order valence-corrected chi connectivity index (χ3v) is 8.40. The number of aliphatic carboxylic acids is 1. The van der Waals surface area contributed by atoms with E-state index in [1.54, 1.807) is 12.1 Å². The highest BCUT2D eigenvalue weighted by atomic mass is 35.5. The van der Waals surface area contributed by atoms with Gasteiger partial charge in [-0.2, -0.15) is 0 Å². The molecule has 0 radical (unpaired) electrons. The minimum absolute atomic E-state index is 0.0540. The molecule has 0 spiro atoms. The highest BCUT2D eigenvalue weighted by Crippen LogP contribution is 2.45. The fraction of sp³-hybridized carbons (Fsp3) is 0.517. The molecule has 6 nitrogen and oxygen atoms in total. The van der Waals surface area contributed by atoms with E-state index in [-0.39, 0.29) is 11.5 Å². The van der Waals surface area contributed by atoms with Crippen molar-refractivity contribution in [1.82, 2.24) is 9.80 Å². The smallest absolute Gasteiger partial charge is 0.326 e. The number of benzene rings is 2. The molecular weight excluding hydrogens is 530 g/mol. The van der Waals surface area contributed by atoms with Crippen LogP contribution in [-0.4, -0.2) is 65.6 Å². The summed E-state index contributed by atoms with van der Waals surface area (Å²) in [6.45, 7) is 3.73. The van der Waals surface area contributed by atoms with Crippen LogP contribution in [0.3, 0.4) is 0 Å². The van der Waals surface area contributed by atoms with Crippen molar-refractivity contribution in [2.24, 2.45) is 5.92 Å². The molecule has 5 rings (SSSR count). The summed E-state index contributed by atoms with van der Waals surface area (Å²) in [5.74, 6) is -1.09. The minimum atomic E-state index is -1.04. The Morgan fingerprint density at radius 3 is 2.34 bits per heavy atom. The predicted molar refractivity (Wildman–Crippen MR) is 145 cm³/mol. The molecule has 204 valence electrons. The van der Waals surface area contributed by atoms with Crippen molar-refractivity contribution in [2.45, 2.75) is 56.9 Å². The SMILES string of the molecule is O=C(O)[C@@H]1CCCN1C(=O)c1cc(C2CC2)c(OCC2CCN(CCc3cc(Cl)cc(Cl)c3)CC2)cc1F. The van der Waals surface area contributed by atoms with Gasteiger partial charge in [0.2, 0.25) is 0 Å². The van der Waals surface area contributed by atoms with Crippen molar-refractivity contribution < 1.29 is 23.8 Å². The number of halogens is 3. The van der Waals surface area contributed by atoms with E-state index in [4.69, 9.17) is 27.9 Å². The molecule has 0 bridgehead atoms. The third-order valence-electron chi connectivity index (χ3n) is 7.97. The first-order valence-electron chi connectivity index (χ1n) is 13.5. The number of nitrogens with zero attached hydrogens (tertiary/aromatic N) is 2. The van der Waals surface area contributed by atoms with Gasteiger partial charge in [-0.25, -0.2) is 9.18 Å². The van der Waals surface area contributed by atoms with Crippen LogP contribution < -0.4 is 4.74 Å². The number of carboxylic acids is 1. The molecule has 2 heterocycles. The van der Waals surface area contributed by atoms with Crippen LogP contribution in [0.2, 0.25) is 10.0 Å². The molecule has 0 aromatic heterocycles. The summed E-state index contributed by atoms with van der Waals surface area (Å²) < 4.78 is 21.3. The molecule has 3 fully saturated rings. The molecule has 3 aliphatic rings. The van der Waals surface area contributed by atoms with Gasteiger partial charge in [0.05, 0.1) is 12.2 Å². The van der Waals surface area contributed by atoms with Crippen molar-refractivity contribution >= 4 is 35.1 Å². The van der Waals surface area contributed by atoms with Gasteiger partial charge < -0.3 is 19.6 Å². The lowest BCUT2D eigenvalue weighted by Gasteiger charge is -2.32. The predicted octanol–water partition coefficient (Wildman–Crippen LogP) is 6.03. The zero-order valence-corrected chi connectivity index (χ0v) is 22.8.